The van der Waals surface area contributed by atoms with Gasteiger partial charge in [0.15, 0.2) is 0 Å². The zero-order valence-corrected chi connectivity index (χ0v) is 13.4. The van der Waals surface area contributed by atoms with Crippen LogP contribution >= 0.6 is 11.3 Å². The van der Waals surface area contributed by atoms with Gasteiger partial charge >= 0.3 is 0 Å². The third kappa shape index (κ3) is 4.33. The van der Waals surface area contributed by atoms with E-state index >= 15 is 0 Å². The Labute approximate surface area is 130 Å². The molecule has 1 N–H and O–H groups in total. The van der Waals surface area contributed by atoms with E-state index in [9.17, 15) is 4.79 Å². The zero-order valence-electron chi connectivity index (χ0n) is 12.6. The maximum Gasteiger partial charge on any atom is 0.224 e. The van der Waals surface area contributed by atoms with Crippen molar-refractivity contribution in [2.24, 2.45) is 5.92 Å². The van der Waals surface area contributed by atoms with Gasteiger partial charge in [-0.3, -0.25) is 4.79 Å². The van der Waals surface area contributed by atoms with Crippen molar-refractivity contribution in [1.29, 1.82) is 0 Å². The van der Waals surface area contributed by atoms with E-state index in [-0.39, 0.29) is 11.9 Å². The molecule has 0 bridgehead atoms. The number of methoxy groups -OCH3 is 1. The van der Waals surface area contributed by atoms with Crippen LogP contribution in [0.1, 0.15) is 30.3 Å². The van der Waals surface area contributed by atoms with Crippen LogP contribution in [0.5, 0.6) is 5.75 Å². The second kappa shape index (κ2) is 7.27. The minimum absolute atomic E-state index is 0.0484. The highest BCUT2D eigenvalue weighted by Gasteiger charge is 2.19. The third-order valence-electron chi connectivity index (χ3n) is 3.36. The number of hydrogen-bond donors (Lipinski definition) is 1. The van der Waals surface area contributed by atoms with Crippen LogP contribution in [-0.2, 0) is 11.2 Å². The molecule has 1 atom stereocenters. The van der Waals surface area contributed by atoms with Crippen LogP contribution in [0.4, 0.5) is 0 Å². The lowest BCUT2D eigenvalue weighted by Gasteiger charge is -2.21. The van der Waals surface area contributed by atoms with E-state index < -0.39 is 0 Å². The summed E-state index contributed by atoms with van der Waals surface area (Å²) in [6.45, 7) is 4.25. The third-order valence-corrected chi connectivity index (χ3v) is 4.31. The lowest BCUT2D eigenvalue weighted by atomic mass is 10.0. The zero-order chi connectivity index (χ0) is 15.2. The standard InChI is InChI=1S/C17H21NO2S/c1-12(2)17(15-5-4-10-21-15)18-16(19)11-13-6-8-14(20-3)9-7-13/h4-10,12,17H,11H2,1-3H3,(H,18,19)/t17-/m0/s1. The Hall–Kier alpha value is -1.81. The van der Waals surface area contributed by atoms with Crippen LogP contribution in [0.15, 0.2) is 41.8 Å². The lowest BCUT2D eigenvalue weighted by molar-refractivity contribution is -0.121. The molecule has 112 valence electrons. The topological polar surface area (TPSA) is 38.3 Å². The van der Waals surface area contributed by atoms with Gasteiger partial charge in [0.05, 0.1) is 19.6 Å². The molecule has 0 saturated heterocycles. The van der Waals surface area contributed by atoms with E-state index in [1.54, 1.807) is 18.4 Å². The first-order valence-corrected chi connectivity index (χ1v) is 7.94. The maximum absolute atomic E-state index is 12.2. The number of benzene rings is 1. The second-order valence-corrected chi connectivity index (χ2v) is 6.31. The molecule has 0 radical (unpaired) electrons. The SMILES string of the molecule is COc1ccc(CC(=O)N[C@H](c2cccs2)C(C)C)cc1. The fourth-order valence-electron chi connectivity index (χ4n) is 2.19. The Morgan fingerprint density at radius 2 is 1.95 bits per heavy atom. The fraction of sp³-hybridized carbons (Fsp3) is 0.353. The Morgan fingerprint density at radius 3 is 2.48 bits per heavy atom. The molecule has 0 aliphatic heterocycles. The summed E-state index contributed by atoms with van der Waals surface area (Å²) in [5.74, 6) is 1.22. The molecule has 4 heteroatoms. The number of carbonyl (C=O) groups excluding carboxylic acids is 1. The lowest BCUT2D eigenvalue weighted by Crippen LogP contribution is -2.32. The predicted octanol–water partition coefficient (Wildman–Crippen LogP) is 3.81. The summed E-state index contributed by atoms with van der Waals surface area (Å²) in [5, 5.41) is 5.18. The quantitative estimate of drug-likeness (QED) is 0.881. The molecule has 1 amide bonds. The highest BCUT2D eigenvalue weighted by atomic mass is 32.1. The summed E-state index contributed by atoms with van der Waals surface area (Å²) in [4.78, 5) is 13.4. The first-order chi connectivity index (χ1) is 10.1. The van der Waals surface area contributed by atoms with Crippen molar-refractivity contribution in [2.75, 3.05) is 7.11 Å². The van der Waals surface area contributed by atoms with Crippen molar-refractivity contribution < 1.29 is 9.53 Å². The molecule has 1 aromatic carbocycles. The maximum atomic E-state index is 12.2. The number of hydrogen-bond acceptors (Lipinski definition) is 3. The molecule has 2 aromatic rings. The van der Waals surface area contributed by atoms with Crippen molar-refractivity contribution >= 4 is 17.2 Å². The van der Waals surface area contributed by atoms with Gasteiger partial charge in [0.1, 0.15) is 5.75 Å². The van der Waals surface area contributed by atoms with Crippen LogP contribution < -0.4 is 10.1 Å². The van der Waals surface area contributed by atoms with Gasteiger partial charge in [0.25, 0.3) is 0 Å². The summed E-state index contributed by atoms with van der Waals surface area (Å²) < 4.78 is 5.12. The van der Waals surface area contributed by atoms with Crippen LogP contribution in [0.3, 0.4) is 0 Å². The second-order valence-electron chi connectivity index (χ2n) is 5.33. The molecule has 3 nitrogen and oxygen atoms in total. The number of thiophene rings is 1. The fourth-order valence-corrected chi connectivity index (χ4v) is 3.14. The molecule has 0 aliphatic carbocycles. The van der Waals surface area contributed by atoms with E-state index in [1.165, 1.54) is 4.88 Å². The van der Waals surface area contributed by atoms with Crippen LogP contribution in [0.2, 0.25) is 0 Å². The van der Waals surface area contributed by atoms with Gasteiger partial charge in [-0.15, -0.1) is 11.3 Å². The van der Waals surface area contributed by atoms with Crippen LogP contribution in [0, 0.1) is 5.92 Å². The first-order valence-electron chi connectivity index (χ1n) is 7.06. The Balaban J connectivity index is 1.99. The van der Waals surface area contributed by atoms with Gasteiger partial charge in [-0.2, -0.15) is 0 Å². The molecule has 0 aliphatic rings. The van der Waals surface area contributed by atoms with Crippen molar-refractivity contribution in [3.8, 4) is 5.75 Å². The van der Waals surface area contributed by atoms with Gasteiger partial charge in [-0.25, -0.2) is 0 Å². The number of rotatable bonds is 6. The van der Waals surface area contributed by atoms with Gasteiger partial charge < -0.3 is 10.1 Å². The molecule has 0 fully saturated rings. The molecular weight excluding hydrogens is 282 g/mol. The van der Waals surface area contributed by atoms with E-state index in [0.29, 0.717) is 12.3 Å². The molecule has 1 heterocycles. The van der Waals surface area contributed by atoms with Crippen molar-refractivity contribution in [2.45, 2.75) is 26.3 Å². The summed E-state index contributed by atoms with van der Waals surface area (Å²) in [5.41, 5.74) is 0.988. The van der Waals surface area contributed by atoms with Crippen LogP contribution in [0.25, 0.3) is 0 Å². The molecule has 2 rings (SSSR count). The molecule has 0 unspecified atom stereocenters. The minimum atomic E-state index is 0.0484. The monoisotopic (exact) mass is 303 g/mol. The highest BCUT2D eigenvalue weighted by Crippen LogP contribution is 2.25. The summed E-state index contributed by atoms with van der Waals surface area (Å²) in [6.07, 6.45) is 0.387. The van der Waals surface area contributed by atoms with Gasteiger partial charge in [0, 0.05) is 4.88 Å². The van der Waals surface area contributed by atoms with E-state index in [2.05, 4.69) is 25.2 Å². The molecule has 21 heavy (non-hydrogen) atoms. The van der Waals surface area contributed by atoms with Gasteiger partial charge in [-0.1, -0.05) is 32.0 Å². The van der Waals surface area contributed by atoms with Crippen molar-refractivity contribution in [3.05, 3.63) is 52.2 Å². The van der Waals surface area contributed by atoms with Crippen molar-refractivity contribution in [3.63, 3.8) is 0 Å². The molecule has 0 saturated carbocycles. The summed E-state index contributed by atoms with van der Waals surface area (Å²) in [7, 11) is 1.63. The van der Waals surface area contributed by atoms with E-state index in [1.807, 2.05) is 35.7 Å². The smallest absolute Gasteiger partial charge is 0.224 e. The number of nitrogens with one attached hydrogen (secondary N) is 1. The van der Waals surface area contributed by atoms with E-state index in [4.69, 9.17) is 4.74 Å². The Kier molecular flexibility index (Phi) is 5.39. The molecule has 0 spiro atoms. The van der Waals surface area contributed by atoms with Crippen molar-refractivity contribution in [1.82, 2.24) is 5.32 Å². The first kappa shape index (κ1) is 15.6. The van der Waals surface area contributed by atoms with Gasteiger partial charge in [-0.05, 0) is 35.1 Å². The van der Waals surface area contributed by atoms with Gasteiger partial charge in [0.2, 0.25) is 5.91 Å². The Bertz CT molecular complexity index is 561. The Morgan fingerprint density at radius 1 is 1.24 bits per heavy atom. The predicted molar refractivity (Wildman–Crippen MR) is 86.7 cm³/mol. The summed E-state index contributed by atoms with van der Waals surface area (Å²) >= 11 is 1.68. The number of amides is 1. The average Bonchev–Trinajstić information content (AvgIpc) is 2.99. The highest BCUT2D eigenvalue weighted by molar-refractivity contribution is 7.10. The molecule has 1 aromatic heterocycles. The largest absolute Gasteiger partial charge is 0.497 e. The average molecular weight is 303 g/mol. The number of ether oxygens (including phenoxy) is 1. The normalized spacial score (nSPS) is 12.2. The van der Waals surface area contributed by atoms with E-state index in [0.717, 1.165) is 11.3 Å². The molecular formula is C17H21NO2S. The summed E-state index contributed by atoms with van der Waals surface area (Å²) in [6, 6.07) is 11.8. The number of carbonyl (C=O) groups is 1. The minimum Gasteiger partial charge on any atom is -0.497 e. The van der Waals surface area contributed by atoms with Crippen LogP contribution in [-0.4, -0.2) is 13.0 Å².